The van der Waals surface area contributed by atoms with E-state index in [9.17, 15) is 4.79 Å². The minimum atomic E-state index is -0.164. The molecule has 1 amide bonds. The van der Waals surface area contributed by atoms with Crippen LogP contribution in [-0.2, 0) is 11.2 Å². The molecule has 1 aliphatic heterocycles. The molecular formula is C19H19NO2S. The third-order valence-electron chi connectivity index (χ3n) is 3.75. The third-order valence-corrected chi connectivity index (χ3v) is 4.82. The maximum atomic E-state index is 12.6. The van der Waals surface area contributed by atoms with Crippen molar-refractivity contribution in [3.63, 3.8) is 0 Å². The van der Waals surface area contributed by atoms with E-state index in [0.717, 1.165) is 27.6 Å². The van der Waals surface area contributed by atoms with E-state index in [0.29, 0.717) is 13.0 Å². The molecule has 2 aromatic rings. The van der Waals surface area contributed by atoms with Crippen molar-refractivity contribution in [1.82, 2.24) is 0 Å². The van der Waals surface area contributed by atoms with Crippen LogP contribution in [0.1, 0.15) is 5.56 Å². The lowest BCUT2D eigenvalue weighted by Crippen LogP contribution is -2.32. The second-order valence-electron chi connectivity index (χ2n) is 5.40. The largest absolute Gasteiger partial charge is 0.492 e. The van der Waals surface area contributed by atoms with E-state index in [-0.39, 0.29) is 11.8 Å². The molecule has 23 heavy (non-hydrogen) atoms. The fraction of sp³-hybridized carbons (Fsp3) is 0.211. The zero-order valence-electron chi connectivity index (χ0n) is 12.8. The molecule has 3 rings (SSSR count). The van der Waals surface area contributed by atoms with Crippen molar-refractivity contribution < 1.29 is 9.53 Å². The molecule has 0 saturated heterocycles. The monoisotopic (exact) mass is 325 g/mol. The van der Waals surface area contributed by atoms with Crippen molar-refractivity contribution in [3.05, 3.63) is 66.7 Å². The molecule has 0 aromatic heterocycles. The van der Waals surface area contributed by atoms with Crippen LogP contribution in [0.5, 0.6) is 5.75 Å². The van der Waals surface area contributed by atoms with Crippen LogP contribution < -0.4 is 10.1 Å². The van der Waals surface area contributed by atoms with Crippen LogP contribution in [0.4, 0.5) is 5.69 Å². The molecule has 4 heteroatoms. The second-order valence-corrected chi connectivity index (χ2v) is 6.47. The standard InChI is InChI=1S/C19H19NO2S/c1-2-11-23-18-10-6-4-8-16(18)20-19(21)15-12-14-7-3-5-9-17(14)22-13-15/h2-10,15H,1,11-13H2,(H,20,21)/t15-/m0/s1. The number of benzene rings is 2. The van der Waals surface area contributed by atoms with Gasteiger partial charge in [-0.3, -0.25) is 4.79 Å². The maximum absolute atomic E-state index is 12.6. The Kier molecular flexibility index (Phi) is 5.03. The first-order valence-electron chi connectivity index (χ1n) is 7.62. The Morgan fingerprint density at radius 2 is 2.04 bits per heavy atom. The van der Waals surface area contributed by atoms with Crippen LogP contribution in [-0.4, -0.2) is 18.3 Å². The molecule has 1 atom stereocenters. The maximum Gasteiger partial charge on any atom is 0.231 e. The summed E-state index contributed by atoms with van der Waals surface area (Å²) in [6.45, 7) is 4.16. The van der Waals surface area contributed by atoms with Gasteiger partial charge in [-0.25, -0.2) is 0 Å². The van der Waals surface area contributed by atoms with E-state index in [4.69, 9.17) is 4.74 Å². The van der Waals surface area contributed by atoms with Crippen LogP contribution in [0.25, 0.3) is 0 Å². The summed E-state index contributed by atoms with van der Waals surface area (Å²) >= 11 is 1.66. The number of para-hydroxylation sites is 2. The van der Waals surface area contributed by atoms with Gasteiger partial charge in [-0.2, -0.15) is 0 Å². The molecule has 0 aliphatic carbocycles. The van der Waals surface area contributed by atoms with Crippen molar-refractivity contribution >= 4 is 23.4 Å². The molecule has 0 radical (unpaired) electrons. The first-order valence-corrected chi connectivity index (χ1v) is 8.61. The summed E-state index contributed by atoms with van der Waals surface area (Å²) in [5.41, 5.74) is 1.94. The van der Waals surface area contributed by atoms with Gasteiger partial charge in [0.15, 0.2) is 0 Å². The summed E-state index contributed by atoms with van der Waals surface area (Å²) < 4.78 is 5.71. The molecule has 2 aromatic carbocycles. The molecule has 1 N–H and O–H groups in total. The highest BCUT2D eigenvalue weighted by molar-refractivity contribution is 7.99. The number of rotatable bonds is 5. The van der Waals surface area contributed by atoms with Crippen molar-refractivity contribution in [1.29, 1.82) is 0 Å². The van der Waals surface area contributed by atoms with Crippen molar-refractivity contribution in [2.45, 2.75) is 11.3 Å². The highest BCUT2D eigenvalue weighted by atomic mass is 32.2. The highest BCUT2D eigenvalue weighted by Crippen LogP contribution is 2.30. The lowest BCUT2D eigenvalue weighted by atomic mass is 9.96. The summed E-state index contributed by atoms with van der Waals surface area (Å²) in [4.78, 5) is 13.6. The fourth-order valence-corrected chi connectivity index (χ4v) is 3.32. The number of hydrogen-bond acceptors (Lipinski definition) is 3. The SMILES string of the molecule is C=CCSc1ccccc1NC(=O)[C@@H]1COc2ccccc2C1. The zero-order valence-corrected chi connectivity index (χ0v) is 13.6. The summed E-state index contributed by atoms with van der Waals surface area (Å²) in [6, 6.07) is 15.7. The second kappa shape index (κ2) is 7.38. The first-order chi connectivity index (χ1) is 11.3. The molecule has 3 nitrogen and oxygen atoms in total. The van der Waals surface area contributed by atoms with Gasteiger partial charge in [-0.05, 0) is 30.2 Å². The predicted molar refractivity (Wildman–Crippen MR) is 95.1 cm³/mol. The van der Waals surface area contributed by atoms with Gasteiger partial charge in [0.05, 0.1) is 11.6 Å². The van der Waals surface area contributed by atoms with E-state index in [1.54, 1.807) is 11.8 Å². The van der Waals surface area contributed by atoms with Crippen LogP contribution in [0.2, 0.25) is 0 Å². The Morgan fingerprint density at radius 3 is 2.91 bits per heavy atom. The van der Waals surface area contributed by atoms with Crippen LogP contribution in [0, 0.1) is 5.92 Å². The van der Waals surface area contributed by atoms with E-state index in [1.807, 2.05) is 54.6 Å². The number of nitrogens with one attached hydrogen (secondary N) is 1. The first kappa shape index (κ1) is 15.7. The molecule has 1 heterocycles. The number of amides is 1. The number of hydrogen-bond donors (Lipinski definition) is 1. The van der Waals surface area contributed by atoms with Crippen LogP contribution in [0.15, 0.2) is 66.1 Å². The molecule has 1 aliphatic rings. The fourth-order valence-electron chi connectivity index (χ4n) is 2.58. The van der Waals surface area contributed by atoms with Crippen LogP contribution >= 0.6 is 11.8 Å². The number of carbonyl (C=O) groups is 1. The van der Waals surface area contributed by atoms with Gasteiger partial charge in [0.1, 0.15) is 12.4 Å². The summed E-state index contributed by atoms with van der Waals surface area (Å²) in [7, 11) is 0. The van der Waals surface area contributed by atoms with Crippen LogP contribution in [0.3, 0.4) is 0 Å². The molecule has 0 fully saturated rings. The Balaban J connectivity index is 1.70. The number of thioether (sulfide) groups is 1. The van der Waals surface area contributed by atoms with E-state index >= 15 is 0 Å². The van der Waals surface area contributed by atoms with Gasteiger partial charge >= 0.3 is 0 Å². The van der Waals surface area contributed by atoms with Gasteiger partial charge < -0.3 is 10.1 Å². The molecule has 0 bridgehead atoms. The summed E-state index contributed by atoms with van der Waals surface area (Å²) in [5.74, 6) is 1.54. The molecule has 0 spiro atoms. The number of fused-ring (bicyclic) bond motifs is 1. The summed E-state index contributed by atoms with van der Waals surface area (Å²) in [6.07, 6.45) is 2.57. The van der Waals surface area contributed by atoms with Crippen molar-refractivity contribution in [2.24, 2.45) is 5.92 Å². The zero-order chi connectivity index (χ0) is 16.1. The van der Waals surface area contributed by atoms with Gasteiger partial charge in [0.25, 0.3) is 0 Å². The minimum Gasteiger partial charge on any atom is -0.492 e. The third kappa shape index (κ3) is 3.77. The number of anilines is 1. The van der Waals surface area contributed by atoms with Gasteiger partial charge in [-0.1, -0.05) is 36.4 Å². The van der Waals surface area contributed by atoms with E-state index in [2.05, 4.69) is 11.9 Å². The Labute approximate surface area is 140 Å². The lowest BCUT2D eigenvalue weighted by molar-refractivity contribution is -0.121. The average molecular weight is 325 g/mol. The number of ether oxygens (including phenoxy) is 1. The summed E-state index contributed by atoms with van der Waals surface area (Å²) in [5, 5.41) is 3.05. The van der Waals surface area contributed by atoms with E-state index < -0.39 is 0 Å². The smallest absolute Gasteiger partial charge is 0.231 e. The Bertz CT molecular complexity index is 714. The van der Waals surface area contributed by atoms with Gasteiger partial charge in [0, 0.05) is 10.6 Å². The molecule has 0 unspecified atom stereocenters. The van der Waals surface area contributed by atoms with E-state index in [1.165, 1.54) is 0 Å². The van der Waals surface area contributed by atoms with Gasteiger partial charge in [-0.15, -0.1) is 18.3 Å². The number of carbonyl (C=O) groups excluding carboxylic acids is 1. The minimum absolute atomic E-state index is 0.00570. The van der Waals surface area contributed by atoms with Crippen molar-refractivity contribution in [3.8, 4) is 5.75 Å². The predicted octanol–water partition coefficient (Wildman–Crippen LogP) is 4.15. The molecule has 118 valence electrons. The molecule has 0 saturated carbocycles. The lowest BCUT2D eigenvalue weighted by Gasteiger charge is -2.24. The van der Waals surface area contributed by atoms with Gasteiger partial charge in [0.2, 0.25) is 5.91 Å². The quantitative estimate of drug-likeness (QED) is 0.663. The topological polar surface area (TPSA) is 38.3 Å². The normalized spacial score (nSPS) is 16.1. The average Bonchev–Trinajstić information content (AvgIpc) is 2.60. The Hall–Kier alpha value is -2.20. The Morgan fingerprint density at radius 1 is 1.26 bits per heavy atom. The van der Waals surface area contributed by atoms with Crippen molar-refractivity contribution in [2.75, 3.05) is 17.7 Å². The highest BCUT2D eigenvalue weighted by Gasteiger charge is 2.26. The molecular weight excluding hydrogens is 306 g/mol.